The van der Waals surface area contributed by atoms with Gasteiger partial charge in [-0.25, -0.2) is 0 Å². The smallest absolute Gasteiger partial charge is 0.162 e. The molecule has 2 aromatic rings. The molecular weight excluding hydrogens is 328 g/mol. The van der Waals surface area contributed by atoms with Gasteiger partial charge in [-0.3, -0.25) is 0 Å². The van der Waals surface area contributed by atoms with Gasteiger partial charge in [0.1, 0.15) is 6.61 Å². The van der Waals surface area contributed by atoms with Crippen LogP contribution in [0.1, 0.15) is 31.2 Å². The average Bonchev–Trinajstić information content (AvgIpc) is 3.01. The second-order valence-electron chi connectivity index (χ2n) is 5.39. The third-order valence-corrected chi connectivity index (χ3v) is 4.23. The third kappa shape index (κ3) is 4.01. The first kappa shape index (κ1) is 14.5. The molecule has 0 amide bonds. The van der Waals surface area contributed by atoms with E-state index < -0.39 is 0 Å². The SMILES string of the molecule is Brc1ccc(OC2CCCC2)c(OCc2ccccc2)c1. The van der Waals surface area contributed by atoms with E-state index in [9.17, 15) is 0 Å². The number of rotatable bonds is 5. The Kier molecular flexibility index (Phi) is 4.81. The monoisotopic (exact) mass is 346 g/mol. The quantitative estimate of drug-likeness (QED) is 0.726. The lowest BCUT2D eigenvalue weighted by Crippen LogP contribution is -2.11. The first-order valence-corrected chi connectivity index (χ1v) is 8.23. The van der Waals surface area contributed by atoms with Crippen molar-refractivity contribution in [2.75, 3.05) is 0 Å². The number of hydrogen-bond acceptors (Lipinski definition) is 2. The summed E-state index contributed by atoms with van der Waals surface area (Å²) in [6.45, 7) is 0.554. The fourth-order valence-corrected chi connectivity index (χ4v) is 2.95. The molecule has 0 aromatic heterocycles. The van der Waals surface area contributed by atoms with Gasteiger partial charge in [0.05, 0.1) is 6.10 Å². The van der Waals surface area contributed by atoms with Gasteiger partial charge in [-0.05, 0) is 49.4 Å². The lowest BCUT2D eigenvalue weighted by Gasteiger charge is -2.17. The molecule has 110 valence electrons. The molecule has 0 radical (unpaired) electrons. The minimum atomic E-state index is 0.338. The van der Waals surface area contributed by atoms with Gasteiger partial charge in [-0.15, -0.1) is 0 Å². The topological polar surface area (TPSA) is 18.5 Å². The Hall–Kier alpha value is -1.48. The minimum Gasteiger partial charge on any atom is -0.487 e. The first-order chi connectivity index (χ1) is 10.3. The molecule has 0 unspecified atom stereocenters. The van der Waals surface area contributed by atoms with Crippen molar-refractivity contribution in [3.8, 4) is 11.5 Å². The van der Waals surface area contributed by atoms with Crippen LogP contribution in [0, 0.1) is 0 Å². The number of halogens is 1. The van der Waals surface area contributed by atoms with Crippen LogP contribution in [0.2, 0.25) is 0 Å². The van der Waals surface area contributed by atoms with Crippen LogP contribution in [-0.2, 0) is 6.61 Å². The highest BCUT2D eigenvalue weighted by molar-refractivity contribution is 9.10. The summed E-state index contributed by atoms with van der Waals surface area (Å²) in [6.07, 6.45) is 5.16. The highest BCUT2D eigenvalue weighted by Crippen LogP contribution is 2.34. The van der Waals surface area contributed by atoms with E-state index in [2.05, 4.69) is 28.1 Å². The van der Waals surface area contributed by atoms with E-state index in [1.165, 1.54) is 12.8 Å². The van der Waals surface area contributed by atoms with E-state index in [-0.39, 0.29) is 0 Å². The van der Waals surface area contributed by atoms with Gasteiger partial charge in [0.2, 0.25) is 0 Å². The van der Waals surface area contributed by atoms with Gasteiger partial charge in [0.15, 0.2) is 11.5 Å². The molecule has 0 N–H and O–H groups in total. The van der Waals surface area contributed by atoms with Gasteiger partial charge in [0, 0.05) is 4.47 Å². The van der Waals surface area contributed by atoms with Crippen molar-refractivity contribution in [2.45, 2.75) is 38.4 Å². The van der Waals surface area contributed by atoms with Gasteiger partial charge < -0.3 is 9.47 Å². The minimum absolute atomic E-state index is 0.338. The standard InChI is InChI=1S/C18H19BrO2/c19-15-10-11-17(21-16-8-4-5-9-16)18(12-15)20-13-14-6-2-1-3-7-14/h1-3,6-7,10-12,16H,4-5,8-9,13H2. The van der Waals surface area contributed by atoms with Crippen molar-refractivity contribution in [1.82, 2.24) is 0 Å². The Labute approximate surface area is 134 Å². The molecule has 0 saturated heterocycles. The summed E-state index contributed by atoms with van der Waals surface area (Å²) in [7, 11) is 0. The van der Waals surface area contributed by atoms with Gasteiger partial charge in [-0.2, -0.15) is 0 Å². The molecule has 0 spiro atoms. The van der Waals surface area contributed by atoms with Crippen LogP contribution in [0.25, 0.3) is 0 Å². The molecule has 3 rings (SSSR count). The highest BCUT2D eigenvalue weighted by atomic mass is 79.9. The van der Waals surface area contributed by atoms with Crippen LogP contribution >= 0.6 is 15.9 Å². The van der Waals surface area contributed by atoms with Crippen LogP contribution in [0.4, 0.5) is 0 Å². The van der Waals surface area contributed by atoms with Crippen LogP contribution in [0.15, 0.2) is 53.0 Å². The summed E-state index contributed by atoms with van der Waals surface area (Å²) in [4.78, 5) is 0. The predicted octanol–water partition coefficient (Wildman–Crippen LogP) is 5.35. The fraction of sp³-hybridized carbons (Fsp3) is 0.333. The maximum Gasteiger partial charge on any atom is 0.162 e. The summed E-state index contributed by atoms with van der Waals surface area (Å²) >= 11 is 3.50. The maximum absolute atomic E-state index is 6.10. The van der Waals surface area contributed by atoms with Gasteiger partial charge in [-0.1, -0.05) is 46.3 Å². The predicted molar refractivity (Wildman–Crippen MR) is 87.8 cm³/mol. The summed E-state index contributed by atoms with van der Waals surface area (Å²) in [5.41, 5.74) is 1.16. The molecule has 1 fully saturated rings. The molecule has 0 atom stereocenters. The first-order valence-electron chi connectivity index (χ1n) is 7.44. The number of benzene rings is 2. The third-order valence-electron chi connectivity index (χ3n) is 3.74. The van der Waals surface area contributed by atoms with Crippen LogP contribution in [0.5, 0.6) is 11.5 Å². The highest BCUT2D eigenvalue weighted by Gasteiger charge is 2.18. The Morgan fingerprint density at radius 3 is 2.48 bits per heavy atom. The van der Waals surface area contributed by atoms with Crippen LogP contribution < -0.4 is 9.47 Å². The Balaban J connectivity index is 1.71. The van der Waals surface area contributed by atoms with E-state index in [4.69, 9.17) is 9.47 Å². The van der Waals surface area contributed by atoms with E-state index >= 15 is 0 Å². The van der Waals surface area contributed by atoms with Gasteiger partial charge in [0.25, 0.3) is 0 Å². The zero-order valence-electron chi connectivity index (χ0n) is 11.9. The van der Waals surface area contributed by atoms with Crippen molar-refractivity contribution in [3.05, 3.63) is 58.6 Å². The van der Waals surface area contributed by atoms with Crippen molar-refractivity contribution in [1.29, 1.82) is 0 Å². The van der Waals surface area contributed by atoms with E-state index in [1.807, 2.05) is 36.4 Å². The molecule has 0 bridgehead atoms. The molecule has 21 heavy (non-hydrogen) atoms. The molecule has 3 heteroatoms. The Bertz CT molecular complexity index is 577. The molecule has 0 aliphatic heterocycles. The summed E-state index contributed by atoms with van der Waals surface area (Å²) < 4.78 is 13.1. The van der Waals surface area contributed by atoms with Gasteiger partial charge >= 0.3 is 0 Å². The van der Waals surface area contributed by atoms with Crippen LogP contribution in [0.3, 0.4) is 0 Å². The summed E-state index contributed by atoms with van der Waals surface area (Å²) in [5.74, 6) is 1.65. The molecule has 1 aliphatic rings. The van der Waals surface area contributed by atoms with E-state index in [1.54, 1.807) is 0 Å². The number of hydrogen-bond donors (Lipinski definition) is 0. The van der Waals surface area contributed by atoms with E-state index in [0.717, 1.165) is 34.4 Å². The summed E-state index contributed by atoms with van der Waals surface area (Å²) in [5, 5.41) is 0. The van der Waals surface area contributed by atoms with Crippen molar-refractivity contribution in [3.63, 3.8) is 0 Å². The van der Waals surface area contributed by atoms with Crippen molar-refractivity contribution < 1.29 is 9.47 Å². The largest absolute Gasteiger partial charge is 0.487 e. The van der Waals surface area contributed by atoms with E-state index in [0.29, 0.717) is 12.7 Å². The lowest BCUT2D eigenvalue weighted by atomic mass is 10.2. The molecule has 2 aromatic carbocycles. The second-order valence-corrected chi connectivity index (χ2v) is 6.31. The summed E-state index contributed by atoms with van der Waals surface area (Å²) in [6, 6.07) is 16.2. The zero-order chi connectivity index (χ0) is 14.5. The maximum atomic E-state index is 6.10. The average molecular weight is 347 g/mol. The molecular formula is C18H19BrO2. The van der Waals surface area contributed by atoms with Crippen LogP contribution in [-0.4, -0.2) is 6.10 Å². The molecule has 2 nitrogen and oxygen atoms in total. The molecule has 1 aliphatic carbocycles. The Morgan fingerprint density at radius 1 is 0.952 bits per heavy atom. The van der Waals surface area contributed by atoms with Crippen molar-refractivity contribution >= 4 is 15.9 Å². The fourth-order valence-electron chi connectivity index (χ4n) is 2.61. The van der Waals surface area contributed by atoms with Crippen molar-refractivity contribution in [2.24, 2.45) is 0 Å². The number of ether oxygens (including phenoxy) is 2. The normalized spacial score (nSPS) is 15.1. The Morgan fingerprint density at radius 2 is 1.71 bits per heavy atom. The molecule has 0 heterocycles. The zero-order valence-corrected chi connectivity index (χ0v) is 13.5. The molecule has 1 saturated carbocycles. The lowest BCUT2D eigenvalue weighted by molar-refractivity contribution is 0.193. The second kappa shape index (κ2) is 6.99.